The Morgan fingerprint density at radius 1 is 1.38 bits per heavy atom. The quantitative estimate of drug-likeness (QED) is 0.388. The number of anilines is 1. The molecule has 1 aromatic carbocycles. The molecule has 21 heavy (non-hydrogen) atoms. The number of nitrogens with two attached hydrogens (primary N) is 1. The molecule has 0 radical (unpaired) electrons. The summed E-state index contributed by atoms with van der Waals surface area (Å²) in [6.45, 7) is 8.48. The number of amidine groups is 1. The average molecular weight is 291 g/mol. The normalized spacial score (nSPS) is 24.0. The first kappa shape index (κ1) is 15.6. The van der Waals surface area contributed by atoms with Gasteiger partial charge in [-0.2, -0.15) is 0 Å². The Kier molecular flexibility index (Phi) is 3.89. The van der Waals surface area contributed by atoms with E-state index < -0.39 is 0 Å². The van der Waals surface area contributed by atoms with Crippen LogP contribution < -0.4 is 10.6 Å². The van der Waals surface area contributed by atoms with E-state index in [2.05, 4.69) is 44.8 Å². The van der Waals surface area contributed by atoms with E-state index in [1.54, 1.807) is 0 Å². The fourth-order valence-corrected chi connectivity index (χ4v) is 3.26. The minimum absolute atomic E-state index is 0.118. The molecule has 0 spiro atoms. The van der Waals surface area contributed by atoms with Crippen molar-refractivity contribution < 1.29 is 9.94 Å². The standard InChI is InChI=1S/C16H25N3O2/c1-15(2)10-13(16(3,4)21-15)19(5)12-8-6-7-11(9-12)14(17)18-20/h6-9,13,20H,10H2,1-5H3,(H2,17,18). The molecule has 1 unspecified atom stereocenters. The molecule has 0 amide bonds. The molecule has 0 aliphatic carbocycles. The third-order valence-corrected chi connectivity index (χ3v) is 4.15. The van der Waals surface area contributed by atoms with Gasteiger partial charge >= 0.3 is 0 Å². The van der Waals surface area contributed by atoms with Crippen LogP contribution in [0.1, 0.15) is 39.7 Å². The Morgan fingerprint density at radius 3 is 2.57 bits per heavy atom. The van der Waals surface area contributed by atoms with E-state index in [0.29, 0.717) is 5.56 Å². The lowest BCUT2D eigenvalue weighted by Gasteiger charge is -2.35. The molecule has 1 aliphatic rings. The summed E-state index contributed by atoms with van der Waals surface area (Å²) < 4.78 is 6.16. The molecule has 1 aliphatic heterocycles. The van der Waals surface area contributed by atoms with Crippen molar-refractivity contribution in [3.8, 4) is 0 Å². The Hall–Kier alpha value is -1.75. The van der Waals surface area contributed by atoms with Crippen LogP contribution in [0.2, 0.25) is 0 Å². The second-order valence-corrected chi connectivity index (χ2v) is 6.83. The second kappa shape index (κ2) is 5.22. The zero-order chi connectivity index (χ0) is 15.8. The molecule has 1 saturated heterocycles. The fourth-order valence-electron chi connectivity index (χ4n) is 3.26. The van der Waals surface area contributed by atoms with Crippen molar-refractivity contribution in [1.82, 2.24) is 0 Å². The van der Waals surface area contributed by atoms with Crippen LogP contribution in [-0.4, -0.2) is 35.3 Å². The summed E-state index contributed by atoms with van der Waals surface area (Å²) in [5.41, 5.74) is 7.04. The summed E-state index contributed by atoms with van der Waals surface area (Å²) in [6.07, 6.45) is 0.949. The number of hydrogen-bond donors (Lipinski definition) is 2. The molecule has 1 fully saturated rings. The van der Waals surface area contributed by atoms with Crippen LogP contribution in [0, 0.1) is 0 Å². The van der Waals surface area contributed by atoms with Gasteiger partial charge in [-0.25, -0.2) is 0 Å². The van der Waals surface area contributed by atoms with E-state index in [0.717, 1.165) is 12.1 Å². The summed E-state index contributed by atoms with van der Waals surface area (Å²) in [7, 11) is 2.06. The first-order valence-corrected chi connectivity index (χ1v) is 7.17. The molecular formula is C16H25N3O2. The first-order chi connectivity index (χ1) is 9.66. The monoisotopic (exact) mass is 291 g/mol. The summed E-state index contributed by atoms with van der Waals surface area (Å²) in [5.74, 6) is 0.118. The van der Waals surface area contributed by atoms with Gasteiger partial charge in [0.25, 0.3) is 0 Å². The van der Waals surface area contributed by atoms with Gasteiger partial charge in [0, 0.05) is 18.3 Å². The van der Waals surface area contributed by atoms with Crippen molar-refractivity contribution in [2.45, 2.75) is 51.4 Å². The highest BCUT2D eigenvalue weighted by Gasteiger charge is 2.47. The molecule has 0 bridgehead atoms. The summed E-state index contributed by atoms with van der Waals surface area (Å²) >= 11 is 0. The van der Waals surface area contributed by atoms with Crippen molar-refractivity contribution in [2.75, 3.05) is 11.9 Å². The molecule has 5 nitrogen and oxygen atoms in total. The highest BCUT2D eigenvalue weighted by molar-refractivity contribution is 5.97. The molecule has 1 heterocycles. The van der Waals surface area contributed by atoms with Crippen LogP contribution in [0.3, 0.4) is 0 Å². The van der Waals surface area contributed by atoms with Gasteiger partial charge < -0.3 is 20.6 Å². The topological polar surface area (TPSA) is 71.1 Å². The Morgan fingerprint density at radius 2 is 2.05 bits per heavy atom. The van der Waals surface area contributed by atoms with Gasteiger partial charge in [0.2, 0.25) is 0 Å². The summed E-state index contributed by atoms with van der Waals surface area (Å²) in [6, 6.07) is 7.95. The van der Waals surface area contributed by atoms with Crippen LogP contribution in [0.5, 0.6) is 0 Å². The van der Waals surface area contributed by atoms with E-state index in [-0.39, 0.29) is 23.1 Å². The lowest BCUT2D eigenvalue weighted by Crippen LogP contribution is -2.44. The SMILES string of the molecule is CN(c1cccc(/C(N)=N/O)c1)C1CC(C)(C)OC1(C)C. The number of rotatable bonds is 3. The Labute approximate surface area is 126 Å². The maximum absolute atomic E-state index is 8.81. The zero-order valence-electron chi connectivity index (χ0n) is 13.4. The third-order valence-electron chi connectivity index (χ3n) is 4.15. The van der Waals surface area contributed by atoms with Gasteiger partial charge in [-0.1, -0.05) is 17.3 Å². The van der Waals surface area contributed by atoms with Gasteiger partial charge in [0.1, 0.15) is 0 Å². The maximum Gasteiger partial charge on any atom is 0.170 e. The summed E-state index contributed by atoms with van der Waals surface area (Å²) in [4.78, 5) is 2.21. The summed E-state index contributed by atoms with van der Waals surface area (Å²) in [5, 5.41) is 11.9. The van der Waals surface area contributed by atoms with E-state index in [1.807, 2.05) is 24.3 Å². The lowest BCUT2D eigenvalue weighted by atomic mass is 9.93. The van der Waals surface area contributed by atoms with E-state index in [4.69, 9.17) is 15.7 Å². The van der Waals surface area contributed by atoms with Crippen LogP contribution in [0.25, 0.3) is 0 Å². The highest BCUT2D eigenvalue weighted by atomic mass is 16.5. The van der Waals surface area contributed by atoms with Crippen LogP contribution in [-0.2, 0) is 4.74 Å². The predicted octanol–water partition coefficient (Wildman–Crippen LogP) is 2.56. The molecular weight excluding hydrogens is 266 g/mol. The number of nitrogens with zero attached hydrogens (tertiary/aromatic N) is 2. The number of benzene rings is 1. The van der Waals surface area contributed by atoms with Gasteiger partial charge in [0.15, 0.2) is 5.84 Å². The molecule has 2 rings (SSSR count). The van der Waals surface area contributed by atoms with Crippen molar-refractivity contribution in [1.29, 1.82) is 0 Å². The van der Waals surface area contributed by atoms with E-state index in [9.17, 15) is 0 Å². The van der Waals surface area contributed by atoms with E-state index >= 15 is 0 Å². The second-order valence-electron chi connectivity index (χ2n) is 6.83. The number of hydrogen-bond acceptors (Lipinski definition) is 4. The van der Waals surface area contributed by atoms with Gasteiger partial charge in [-0.3, -0.25) is 0 Å². The molecule has 3 N–H and O–H groups in total. The molecule has 1 atom stereocenters. The van der Waals surface area contributed by atoms with Crippen molar-refractivity contribution in [2.24, 2.45) is 10.9 Å². The number of ether oxygens (including phenoxy) is 1. The van der Waals surface area contributed by atoms with Crippen LogP contribution in [0.15, 0.2) is 29.4 Å². The van der Waals surface area contributed by atoms with E-state index in [1.165, 1.54) is 0 Å². The molecule has 116 valence electrons. The molecule has 1 aromatic rings. The largest absolute Gasteiger partial charge is 0.409 e. The minimum atomic E-state index is -0.231. The molecule has 5 heteroatoms. The Bertz CT molecular complexity index is 552. The number of likely N-dealkylation sites (N-methyl/N-ethyl adjacent to an activating group) is 1. The third kappa shape index (κ3) is 3.13. The van der Waals surface area contributed by atoms with Crippen LogP contribution >= 0.6 is 0 Å². The molecule has 0 aromatic heterocycles. The predicted molar refractivity (Wildman–Crippen MR) is 85.0 cm³/mol. The average Bonchev–Trinajstić information content (AvgIpc) is 2.65. The zero-order valence-corrected chi connectivity index (χ0v) is 13.4. The first-order valence-electron chi connectivity index (χ1n) is 7.17. The van der Waals surface area contributed by atoms with Crippen LogP contribution in [0.4, 0.5) is 5.69 Å². The highest BCUT2D eigenvalue weighted by Crippen LogP contribution is 2.41. The fraction of sp³-hybridized carbons (Fsp3) is 0.562. The lowest BCUT2D eigenvalue weighted by molar-refractivity contribution is -0.0676. The molecule has 0 saturated carbocycles. The smallest absolute Gasteiger partial charge is 0.170 e. The Balaban J connectivity index is 2.30. The van der Waals surface area contributed by atoms with Crippen molar-refractivity contribution in [3.05, 3.63) is 29.8 Å². The number of oxime groups is 1. The van der Waals surface area contributed by atoms with Gasteiger partial charge in [-0.15, -0.1) is 0 Å². The van der Waals surface area contributed by atoms with Gasteiger partial charge in [-0.05, 0) is 46.2 Å². The van der Waals surface area contributed by atoms with Crippen molar-refractivity contribution in [3.63, 3.8) is 0 Å². The van der Waals surface area contributed by atoms with Crippen molar-refractivity contribution >= 4 is 11.5 Å². The van der Waals surface area contributed by atoms with Gasteiger partial charge in [0.05, 0.1) is 17.2 Å². The maximum atomic E-state index is 8.81. The minimum Gasteiger partial charge on any atom is -0.409 e.